The van der Waals surface area contributed by atoms with Crippen LogP contribution in [0.25, 0.3) is 0 Å². The predicted octanol–water partition coefficient (Wildman–Crippen LogP) is 10.1. The summed E-state index contributed by atoms with van der Waals surface area (Å²) < 4.78 is 0. The number of ketones is 3. The number of benzene rings is 2. The Bertz CT molecular complexity index is 1120. The first-order chi connectivity index (χ1) is 19.2. The van der Waals surface area contributed by atoms with Crippen molar-refractivity contribution in [2.24, 2.45) is 17.8 Å². The van der Waals surface area contributed by atoms with Gasteiger partial charge >= 0.3 is 0 Å². The highest BCUT2D eigenvalue weighted by Crippen LogP contribution is 2.37. The second-order valence-electron chi connectivity index (χ2n) is 13.2. The topological polar surface area (TPSA) is 51.2 Å². The average molecular weight is 563 g/mol. The van der Waals surface area contributed by atoms with Crippen LogP contribution >= 0.6 is 0 Å². The zero-order chi connectivity index (χ0) is 31.3. The van der Waals surface area contributed by atoms with E-state index in [9.17, 15) is 14.4 Å². The molecule has 0 N–H and O–H groups in total. The summed E-state index contributed by atoms with van der Waals surface area (Å²) in [5.41, 5.74) is 7.43. The summed E-state index contributed by atoms with van der Waals surface area (Å²) >= 11 is 0. The van der Waals surface area contributed by atoms with Crippen LogP contribution in [0.2, 0.25) is 0 Å². The van der Waals surface area contributed by atoms with Gasteiger partial charge in [0.15, 0.2) is 5.78 Å². The Labute approximate surface area is 251 Å². The van der Waals surface area contributed by atoms with Crippen LogP contribution in [0.1, 0.15) is 139 Å². The van der Waals surface area contributed by atoms with Crippen molar-refractivity contribution in [3.63, 3.8) is 0 Å². The second-order valence-corrected chi connectivity index (χ2v) is 13.2. The molecule has 1 aliphatic carbocycles. The first-order valence-electron chi connectivity index (χ1n) is 15.9. The van der Waals surface area contributed by atoms with Crippen molar-refractivity contribution in [1.82, 2.24) is 0 Å². The van der Waals surface area contributed by atoms with Gasteiger partial charge < -0.3 is 0 Å². The molecule has 0 aromatic heterocycles. The lowest BCUT2D eigenvalue weighted by Gasteiger charge is -2.32. The minimum atomic E-state index is -0.0658. The Balaban J connectivity index is 0.000000496. The van der Waals surface area contributed by atoms with Gasteiger partial charge in [-0.15, -0.1) is 0 Å². The third-order valence-electron chi connectivity index (χ3n) is 8.06. The first kappa shape index (κ1) is 36.5. The minimum Gasteiger partial charge on any atom is -0.300 e. The molecule has 3 rings (SSSR count). The number of aryl methyl sites for hydroxylation is 3. The summed E-state index contributed by atoms with van der Waals surface area (Å²) in [6.07, 6.45) is 6.46. The Morgan fingerprint density at radius 3 is 1.93 bits per heavy atom. The van der Waals surface area contributed by atoms with Gasteiger partial charge in [-0.3, -0.25) is 14.4 Å². The van der Waals surface area contributed by atoms with E-state index in [1.165, 1.54) is 35.6 Å². The number of Topliss-reactive ketones (excluding diaryl/α,β-unsaturated/α-hetero) is 3. The van der Waals surface area contributed by atoms with Crippen molar-refractivity contribution in [1.29, 1.82) is 0 Å². The van der Waals surface area contributed by atoms with Crippen LogP contribution in [-0.4, -0.2) is 17.3 Å². The third kappa shape index (κ3) is 11.7. The fourth-order valence-corrected chi connectivity index (χ4v) is 5.95. The number of rotatable bonds is 9. The summed E-state index contributed by atoms with van der Waals surface area (Å²) in [6.45, 7) is 22.8. The SMILES string of the molecule is CCC.CCCC(CC1CC(=O)c2c(C)ccc(C)c2C1)C(CC)C(=O)CC(C)=O.Cc1ccc(C(C)(C)C)cc1. The van der Waals surface area contributed by atoms with Gasteiger partial charge in [0.1, 0.15) is 11.6 Å². The summed E-state index contributed by atoms with van der Waals surface area (Å²) in [6, 6.07) is 12.9. The molecule has 3 unspecified atom stereocenters. The molecule has 0 saturated carbocycles. The molecule has 0 aliphatic heterocycles. The molecule has 2 aromatic rings. The first-order valence-corrected chi connectivity index (χ1v) is 15.9. The molecule has 0 bridgehead atoms. The number of hydrogen-bond donors (Lipinski definition) is 0. The Kier molecular flexibility index (Phi) is 15.5. The maximum absolute atomic E-state index is 12.8. The van der Waals surface area contributed by atoms with E-state index in [2.05, 4.69) is 85.7 Å². The Morgan fingerprint density at radius 1 is 0.878 bits per heavy atom. The molecule has 228 valence electrons. The van der Waals surface area contributed by atoms with E-state index in [1.54, 1.807) is 0 Å². The van der Waals surface area contributed by atoms with Crippen LogP contribution in [-0.2, 0) is 21.4 Å². The normalized spacial score (nSPS) is 15.9. The molecule has 0 spiro atoms. The molecule has 41 heavy (non-hydrogen) atoms. The van der Waals surface area contributed by atoms with Crippen LogP contribution in [0.3, 0.4) is 0 Å². The van der Waals surface area contributed by atoms with Gasteiger partial charge in [0, 0.05) is 17.9 Å². The monoisotopic (exact) mass is 562 g/mol. The van der Waals surface area contributed by atoms with Crippen LogP contribution in [0.4, 0.5) is 0 Å². The van der Waals surface area contributed by atoms with E-state index in [1.807, 2.05) is 19.9 Å². The summed E-state index contributed by atoms with van der Waals surface area (Å²) in [4.78, 5) is 36.9. The largest absolute Gasteiger partial charge is 0.300 e. The molecule has 0 amide bonds. The zero-order valence-electron chi connectivity index (χ0n) is 28.1. The fourth-order valence-electron chi connectivity index (χ4n) is 5.95. The van der Waals surface area contributed by atoms with Crippen LogP contribution in [0.5, 0.6) is 0 Å². The number of fused-ring (bicyclic) bond motifs is 1. The van der Waals surface area contributed by atoms with Gasteiger partial charge in [-0.2, -0.15) is 0 Å². The summed E-state index contributed by atoms with van der Waals surface area (Å²) in [5, 5.41) is 0. The lowest BCUT2D eigenvalue weighted by molar-refractivity contribution is -0.129. The van der Waals surface area contributed by atoms with Crippen molar-refractivity contribution in [2.75, 3.05) is 0 Å². The lowest BCUT2D eigenvalue weighted by atomic mass is 9.71. The maximum atomic E-state index is 12.8. The van der Waals surface area contributed by atoms with Crippen molar-refractivity contribution in [3.05, 3.63) is 69.8 Å². The van der Waals surface area contributed by atoms with E-state index in [0.29, 0.717) is 12.3 Å². The van der Waals surface area contributed by atoms with Crippen LogP contribution in [0, 0.1) is 38.5 Å². The Morgan fingerprint density at radius 2 is 1.44 bits per heavy atom. The standard InChI is InChI=1S/C24H34O3.C11H16.C3H8/c1-6-8-19(20(7-2)22(26)11-17(5)25)12-18-13-21-15(3)9-10-16(4)24(21)23(27)14-18;1-9-5-7-10(8-6-9)11(2,3)4;1-3-2/h9-10,18-20H,6-8,11-14H2,1-5H3;5-8H,1-4H3;3H2,1-2H3. The molecule has 3 heteroatoms. The molecule has 3 atom stereocenters. The molecule has 2 aromatic carbocycles. The Hall–Kier alpha value is -2.55. The molecule has 3 nitrogen and oxygen atoms in total. The van der Waals surface area contributed by atoms with Crippen LogP contribution < -0.4 is 0 Å². The van der Waals surface area contributed by atoms with E-state index >= 15 is 0 Å². The average Bonchev–Trinajstić information content (AvgIpc) is 2.87. The van der Waals surface area contributed by atoms with Gasteiger partial charge in [-0.25, -0.2) is 0 Å². The van der Waals surface area contributed by atoms with Crippen LogP contribution in [0.15, 0.2) is 36.4 Å². The predicted molar refractivity (Wildman–Crippen MR) is 175 cm³/mol. The second kappa shape index (κ2) is 17.4. The van der Waals surface area contributed by atoms with Gasteiger partial charge in [-0.05, 0) is 86.5 Å². The summed E-state index contributed by atoms with van der Waals surface area (Å²) in [7, 11) is 0. The quantitative estimate of drug-likeness (QED) is 0.286. The minimum absolute atomic E-state index is 0.0451. The van der Waals surface area contributed by atoms with Crippen molar-refractivity contribution >= 4 is 17.3 Å². The van der Waals surface area contributed by atoms with E-state index in [-0.39, 0.29) is 41.0 Å². The number of carbonyl (C=O) groups excluding carboxylic acids is 3. The zero-order valence-corrected chi connectivity index (χ0v) is 28.1. The van der Waals surface area contributed by atoms with E-state index in [0.717, 1.165) is 43.2 Å². The number of carbonyl (C=O) groups is 3. The van der Waals surface area contributed by atoms with Gasteiger partial charge in [0.2, 0.25) is 0 Å². The molecule has 0 heterocycles. The molecule has 0 saturated heterocycles. The highest BCUT2D eigenvalue weighted by atomic mass is 16.1. The van der Waals surface area contributed by atoms with Gasteiger partial charge in [-0.1, -0.05) is 110 Å². The van der Waals surface area contributed by atoms with Crippen molar-refractivity contribution in [3.8, 4) is 0 Å². The maximum Gasteiger partial charge on any atom is 0.163 e. The fraction of sp³-hybridized carbons (Fsp3) is 0.605. The van der Waals surface area contributed by atoms with E-state index in [4.69, 9.17) is 0 Å². The van der Waals surface area contributed by atoms with Crippen molar-refractivity contribution in [2.45, 2.75) is 133 Å². The lowest BCUT2D eigenvalue weighted by Crippen LogP contribution is -2.30. The smallest absolute Gasteiger partial charge is 0.163 e. The van der Waals surface area contributed by atoms with Crippen molar-refractivity contribution < 1.29 is 14.4 Å². The molecular formula is C38H58O3. The highest BCUT2D eigenvalue weighted by molar-refractivity contribution is 6.00. The molecule has 0 radical (unpaired) electrons. The van der Waals surface area contributed by atoms with E-state index < -0.39 is 0 Å². The summed E-state index contributed by atoms with van der Waals surface area (Å²) in [5.74, 6) is 0.766. The molecule has 1 aliphatic rings. The number of hydrogen-bond acceptors (Lipinski definition) is 3. The molecule has 0 fully saturated rings. The van der Waals surface area contributed by atoms with Gasteiger partial charge in [0.25, 0.3) is 0 Å². The third-order valence-corrected chi connectivity index (χ3v) is 8.06. The highest BCUT2D eigenvalue weighted by Gasteiger charge is 2.33. The molecular weight excluding hydrogens is 504 g/mol. The van der Waals surface area contributed by atoms with Gasteiger partial charge in [0.05, 0.1) is 6.42 Å².